The van der Waals surface area contributed by atoms with Crippen LogP contribution in [-0.4, -0.2) is 24.2 Å². The molecule has 1 atom stereocenters. The number of fused-ring (bicyclic) bond motifs is 3. The lowest BCUT2D eigenvalue weighted by Crippen LogP contribution is -2.68. The number of anilines is 1. The van der Waals surface area contributed by atoms with Gasteiger partial charge in [0, 0.05) is 24.1 Å². The molecule has 1 fully saturated rings. The Morgan fingerprint density at radius 3 is 2.54 bits per heavy atom. The minimum Gasteiger partial charge on any atom is -0.491 e. The van der Waals surface area contributed by atoms with Gasteiger partial charge in [-0.2, -0.15) is 0 Å². The van der Waals surface area contributed by atoms with Gasteiger partial charge in [0.25, 0.3) is 0 Å². The zero-order valence-electron chi connectivity index (χ0n) is 17.0. The quantitative estimate of drug-likeness (QED) is 0.854. The molecule has 4 nitrogen and oxygen atoms in total. The minimum absolute atomic E-state index is 0.0995. The van der Waals surface area contributed by atoms with Crippen molar-refractivity contribution in [1.82, 2.24) is 5.32 Å². The molecule has 4 rings (SSSR count). The fraction of sp³-hybridized carbons (Fsp3) is 0.375. The number of para-hydroxylation sites is 1. The van der Waals surface area contributed by atoms with E-state index in [1.807, 2.05) is 26.0 Å². The van der Waals surface area contributed by atoms with Gasteiger partial charge >= 0.3 is 0 Å². The van der Waals surface area contributed by atoms with Crippen molar-refractivity contribution in [3.63, 3.8) is 0 Å². The normalized spacial score (nSPS) is 22.9. The molecule has 1 N–H and O–H groups in total. The number of ether oxygens (including phenoxy) is 1. The van der Waals surface area contributed by atoms with E-state index in [1.165, 1.54) is 11.3 Å². The van der Waals surface area contributed by atoms with Gasteiger partial charge < -0.3 is 15.0 Å². The Balaban J connectivity index is 1.71. The van der Waals surface area contributed by atoms with Crippen molar-refractivity contribution in [3.05, 3.63) is 65.7 Å². The van der Waals surface area contributed by atoms with Crippen LogP contribution in [0.15, 0.2) is 54.6 Å². The number of nitrogens with one attached hydrogen (secondary N) is 1. The molecule has 0 aromatic heterocycles. The van der Waals surface area contributed by atoms with Crippen molar-refractivity contribution < 1.29 is 9.53 Å². The first-order chi connectivity index (χ1) is 13.3. The maximum atomic E-state index is 12.4. The molecule has 2 aromatic rings. The monoisotopic (exact) mass is 376 g/mol. The lowest BCUT2D eigenvalue weighted by atomic mass is 9.74. The highest BCUT2D eigenvalue weighted by Gasteiger charge is 2.57. The summed E-state index contributed by atoms with van der Waals surface area (Å²) in [7, 11) is 0. The summed E-state index contributed by atoms with van der Waals surface area (Å²) < 4.78 is 5.73. The number of benzene rings is 2. The molecule has 2 heterocycles. The highest BCUT2D eigenvalue weighted by atomic mass is 16.5. The molecule has 146 valence electrons. The molecular weight excluding hydrogens is 348 g/mol. The smallest absolute Gasteiger partial charge is 0.223 e. The van der Waals surface area contributed by atoms with E-state index in [1.54, 1.807) is 0 Å². The van der Waals surface area contributed by atoms with Crippen LogP contribution < -0.4 is 15.0 Å². The maximum Gasteiger partial charge on any atom is 0.223 e. The Hall–Kier alpha value is -2.75. The maximum absolute atomic E-state index is 12.4. The van der Waals surface area contributed by atoms with Crippen molar-refractivity contribution >= 4 is 17.7 Å². The second-order valence-electron chi connectivity index (χ2n) is 8.43. The average molecular weight is 377 g/mol. The minimum atomic E-state index is -0.570. The topological polar surface area (TPSA) is 41.6 Å². The fourth-order valence-corrected chi connectivity index (χ4v) is 4.47. The molecule has 0 saturated carbocycles. The molecule has 28 heavy (non-hydrogen) atoms. The van der Waals surface area contributed by atoms with Crippen LogP contribution in [0, 0.1) is 0 Å². The summed E-state index contributed by atoms with van der Waals surface area (Å²) >= 11 is 0. The van der Waals surface area contributed by atoms with Crippen LogP contribution in [0.1, 0.15) is 45.2 Å². The Bertz CT molecular complexity index is 914. The van der Waals surface area contributed by atoms with E-state index in [-0.39, 0.29) is 17.4 Å². The molecule has 4 heteroatoms. The van der Waals surface area contributed by atoms with E-state index >= 15 is 0 Å². The Morgan fingerprint density at radius 2 is 1.82 bits per heavy atom. The number of rotatable bonds is 4. The first-order valence-corrected chi connectivity index (χ1v) is 9.98. The number of carbonyl (C=O) groups is 1. The van der Waals surface area contributed by atoms with Crippen molar-refractivity contribution in [2.75, 3.05) is 11.4 Å². The summed E-state index contributed by atoms with van der Waals surface area (Å²) in [5.74, 6) is 0.967. The number of hydrogen-bond donors (Lipinski definition) is 1. The second-order valence-corrected chi connectivity index (χ2v) is 8.43. The van der Waals surface area contributed by atoms with Gasteiger partial charge in [0.1, 0.15) is 11.4 Å². The summed E-state index contributed by atoms with van der Waals surface area (Å²) in [4.78, 5) is 14.8. The molecule has 1 amide bonds. The summed E-state index contributed by atoms with van der Waals surface area (Å²) in [5, 5.41) is 3.31. The summed E-state index contributed by atoms with van der Waals surface area (Å²) in [6.07, 6.45) is 4.93. The number of amides is 1. The van der Waals surface area contributed by atoms with Crippen molar-refractivity contribution in [2.45, 2.75) is 51.3 Å². The number of carbonyl (C=O) groups excluding carboxylic acids is 1. The van der Waals surface area contributed by atoms with Gasteiger partial charge in [-0.05, 0) is 49.2 Å². The van der Waals surface area contributed by atoms with Crippen LogP contribution >= 0.6 is 0 Å². The molecular formula is C24H28N2O2. The van der Waals surface area contributed by atoms with E-state index in [4.69, 9.17) is 4.74 Å². The lowest BCUT2D eigenvalue weighted by Gasteiger charge is -2.49. The molecule has 0 unspecified atom stereocenters. The van der Waals surface area contributed by atoms with E-state index in [0.29, 0.717) is 6.42 Å². The molecule has 2 aromatic carbocycles. The van der Waals surface area contributed by atoms with Gasteiger partial charge in [0.05, 0.1) is 6.10 Å². The van der Waals surface area contributed by atoms with E-state index in [0.717, 1.165) is 17.9 Å². The van der Waals surface area contributed by atoms with Crippen molar-refractivity contribution in [3.8, 4) is 5.75 Å². The Labute approximate surface area is 167 Å². The predicted molar refractivity (Wildman–Crippen MR) is 114 cm³/mol. The SMILES string of the molecule is CC(C)Oc1ccc(/C=C/[C@@]23NC(=O)CCN2c2ccccc2C3(C)C)cc1. The molecule has 2 aliphatic rings. The van der Waals surface area contributed by atoms with E-state index in [9.17, 15) is 4.79 Å². The van der Waals surface area contributed by atoms with Crippen LogP contribution in [0.4, 0.5) is 5.69 Å². The molecule has 2 aliphatic heterocycles. The zero-order chi connectivity index (χ0) is 19.9. The van der Waals surface area contributed by atoms with Crippen LogP contribution in [0.3, 0.4) is 0 Å². The van der Waals surface area contributed by atoms with Gasteiger partial charge in [0.15, 0.2) is 0 Å². The van der Waals surface area contributed by atoms with Crippen molar-refractivity contribution in [2.24, 2.45) is 0 Å². The summed E-state index contributed by atoms with van der Waals surface area (Å²) in [6.45, 7) is 9.18. The van der Waals surface area contributed by atoms with E-state index < -0.39 is 5.66 Å². The average Bonchev–Trinajstić information content (AvgIpc) is 2.85. The fourth-order valence-electron chi connectivity index (χ4n) is 4.47. The van der Waals surface area contributed by atoms with Gasteiger partial charge in [-0.3, -0.25) is 4.79 Å². The second kappa shape index (κ2) is 6.69. The van der Waals surface area contributed by atoms with Crippen LogP contribution in [-0.2, 0) is 10.2 Å². The van der Waals surface area contributed by atoms with E-state index in [2.05, 4.69) is 72.6 Å². The van der Waals surface area contributed by atoms with Crippen LogP contribution in [0.5, 0.6) is 5.75 Å². The zero-order valence-corrected chi connectivity index (χ0v) is 17.0. The van der Waals surface area contributed by atoms with Gasteiger partial charge in [-0.15, -0.1) is 0 Å². The molecule has 0 radical (unpaired) electrons. The Kier molecular flexibility index (Phi) is 4.45. The van der Waals surface area contributed by atoms with Crippen LogP contribution in [0.2, 0.25) is 0 Å². The molecule has 1 saturated heterocycles. The number of hydrogen-bond acceptors (Lipinski definition) is 3. The first-order valence-electron chi connectivity index (χ1n) is 9.98. The third kappa shape index (κ3) is 2.88. The molecule has 0 aliphatic carbocycles. The van der Waals surface area contributed by atoms with Crippen LogP contribution in [0.25, 0.3) is 6.08 Å². The number of nitrogens with zero attached hydrogens (tertiary/aromatic N) is 1. The summed E-state index contributed by atoms with van der Waals surface area (Å²) in [5.41, 5.74) is 2.73. The lowest BCUT2D eigenvalue weighted by molar-refractivity contribution is -0.124. The summed E-state index contributed by atoms with van der Waals surface area (Å²) in [6, 6.07) is 16.6. The predicted octanol–water partition coefficient (Wildman–Crippen LogP) is 4.50. The van der Waals surface area contributed by atoms with Crippen molar-refractivity contribution in [1.29, 1.82) is 0 Å². The third-order valence-electron chi connectivity index (χ3n) is 5.91. The molecule has 0 spiro atoms. The first kappa shape index (κ1) is 18.6. The largest absolute Gasteiger partial charge is 0.491 e. The highest BCUT2D eigenvalue weighted by molar-refractivity contribution is 5.84. The molecule has 0 bridgehead atoms. The third-order valence-corrected chi connectivity index (χ3v) is 5.91. The standard InChI is InChI=1S/C24H28N2O2/c1-17(2)28-19-11-9-18(10-12-19)13-15-24-23(3,4)20-7-5-6-8-21(20)26(24)16-14-22(27)25-24/h5-13,15,17H,14,16H2,1-4H3,(H,25,27)/b15-13+/t24-/m1/s1. The highest BCUT2D eigenvalue weighted by Crippen LogP contribution is 2.52. The van der Waals surface area contributed by atoms with Gasteiger partial charge in [0.2, 0.25) is 5.91 Å². The van der Waals surface area contributed by atoms with Gasteiger partial charge in [-0.1, -0.05) is 50.3 Å². The van der Waals surface area contributed by atoms with Gasteiger partial charge in [-0.25, -0.2) is 0 Å². The Morgan fingerprint density at radius 1 is 1.11 bits per heavy atom.